The number of amides is 1. The summed E-state index contributed by atoms with van der Waals surface area (Å²) in [6, 6.07) is 10.0. The zero-order chi connectivity index (χ0) is 22.4. The fourth-order valence-corrected chi connectivity index (χ4v) is 3.79. The molecule has 0 unspecified atom stereocenters. The summed E-state index contributed by atoms with van der Waals surface area (Å²) >= 11 is 5.18. The maximum Gasteiger partial charge on any atom is 0.238 e. The zero-order valence-corrected chi connectivity index (χ0v) is 20.5. The van der Waals surface area contributed by atoms with Gasteiger partial charge in [0.2, 0.25) is 5.91 Å². The first-order valence-corrected chi connectivity index (χ1v) is 13.0. The molecule has 1 amide bonds. The van der Waals surface area contributed by atoms with E-state index in [0.29, 0.717) is 18.1 Å². The van der Waals surface area contributed by atoms with Crippen molar-refractivity contribution in [2.45, 2.75) is 116 Å². The van der Waals surface area contributed by atoms with Gasteiger partial charge in [0.15, 0.2) is 5.11 Å². The maximum absolute atomic E-state index is 11.9. The number of hydrogen-bond acceptors (Lipinski definition) is 2. The minimum atomic E-state index is -0.00134. The lowest BCUT2D eigenvalue weighted by Crippen LogP contribution is -2.46. The molecule has 0 radical (unpaired) electrons. The molecule has 0 fully saturated rings. The first kappa shape index (κ1) is 27.4. The smallest absolute Gasteiger partial charge is 0.238 e. The monoisotopic (exact) mass is 447 g/mol. The Morgan fingerprint density at radius 1 is 0.710 bits per heavy atom. The van der Waals surface area contributed by atoms with Crippen LogP contribution in [0.1, 0.15) is 115 Å². The van der Waals surface area contributed by atoms with Crippen molar-refractivity contribution in [1.29, 1.82) is 0 Å². The lowest BCUT2D eigenvalue weighted by atomic mass is 10.0. The Bertz CT molecular complexity index is 565. The van der Waals surface area contributed by atoms with Gasteiger partial charge >= 0.3 is 0 Å². The van der Waals surface area contributed by atoms with Crippen LogP contribution in [0, 0.1) is 0 Å². The summed E-state index contributed by atoms with van der Waals surface area (Å²) < 4.78 is 0. The molecule has 0 saturated carbocycles. The molecule has 0 spiro atoms. The van der Waals surface area contributed by atoms with E-state index in [-0.39, 0.29) is 5.91 Å². The van der Waals surface area contributed by atoms with E-state index in [9.17, 15) is 4.79 Å². The van der Waals surface area contributed by atoms with Gasteiger partial charge in [0, 0.05) is 13.0 Å². The third-order valence-electron chi connectivity index (χ3n) is 5.62. The van der Waals surface area contributed by atoms with E-state index in [2.05, 4.69) is 23.1 Å². The van der Waals surface area contributed by atoms with E-state index in [1.54, 1.807) is 0 Å². The van der Waals surface area contributed by atoms with Gasteiger partial charge in [-0.2, -0.15) is 0 Å². The molecule has 0 saturated heterocycles. The second kappa shape index (κ2) is 20.3. The molecule has 0 aliphatic heterocycles. The van der Waals surface area contributed by atoms with E-state index in [0.717, 1.165) is 18.4 Å². The molecular formula is C26H45N3OS. The number of rotatable bonds is 18. The minimum absolute atomic E-state index is 0.00134. The summed E-state index contributed by atoms with van der Waals surface area (Å²) in [5.74, 6) is -0.00134. The van der Waals surface area contributed by atoms with Crippen molar-refractivity contribution in [3.05, 3.63) is 35.9 Å². The van der Waals surface area contributed by atoms with Gasteiger partial charge in [0.1, 0.15) is 0 Å². The molecule has 0 aliphatic carbocycles. The topological polar surface area (TPSA) is 53.2 Å². The van der Waals surface area contributed by atoms with Gasteiger partial charge in [-0.25, -0.2) is 0 Å². The summed E-state index contributed by atoms with van der Waals surface area (Å²) in [4.78, 5) is 11.9. The number of carbonyl (C=O) groups is 1. The van der Waals surface area contributed by atoms with Crippen LogP contribution in [0.2, 0.25) is 0 Å². The van der Waals surface area contributed by atoms with E-state index in [1.165, 1.54) is 83.5 Å². The van der Waals surface area contributed by atoms with Crippen molar-refractivity contribution in [3.8, 4) is 0 Å². The van der Waals surface area contributed by atoms with Crippen molar-refractivity contribution in [1.82, 2.24) is 16.2 Å². The SMILES string of the molecule is CCCCCCCCCCCCCCCCCC(=O)NNC(=S)NCc1ccccc1. The number of nitrogens with one attached hydrogen (secondary N) is 3. The van der Waals surface area contributed by atoms with E-state index >= 15 is 0 Å². The molecule has 1 rings (SSSR count). The van der Waals surface area contributed by atoms with Gasteiger partial charge in [-0.3, -0.25) is 15.6 Å². The highest BCUT2D eigenvalue weighted by atomic mass is 32.1. The Hall–Kier alpha value is -1.62. The quantitative estimate of drug-likeness (QED) is 0.130. The third-order valence-corrected chi connectivity index (χ3v) is 5.87. The highest BCUT2D eigenvalue weighted by molar-refractivity contribution is 7.80. The minimum Gasteiger partial charge on any atom is -0.357 e. The number of unbranched alkanes of at least 4 members (excludes halogenated alkanes) is 14. The summed E-state index contributed by atoms with van der Waals surface area (Å²) in [6.07, 6.45) is 20.5. The van der Waals surface area contributed by atoms with E-state index in [1.807, 2.05) is 30.3 Å². The lowest BCUT2D eigenvalue weighted by Gasteiger charge is -2.11. The Kier molecular flexibility index (Phi) is 17.9. The van der Waals surface area contributed by atoms with Crippen LogP contribution in [0.25, 0.3) is 0 Å². The predicted molar refractivity (Wildman–Crippen MR) is 137 cm³/mol. The average Bonchev–Trinajstić information content (AvgIpc) is 2.79. The summed E-state index contributed by atoms with van der Waals surface area (Å²) in [7, 11) is 0. The molecule has 0 aliphatic rings. The van der Waals surface area contributed by atoms with Gasteiger partial charge in [0.25, 0.3) is 0 Å². The highest BCUT2D eigenvalue weighted by Crippen LogP contribution is 2.13. The molecule has 176 valence electrons. The Labute approximate surface area is 196 Å². The Balaban J connectivity index is 1.81. The van der Waals surface area contributed by atoms with Gasteiger partial charge in [-0.05, 0) is 24.2 Å². The first-order valence-electron chi connectivity index (χ1n) is 12.6. The number of benzene rings is 1. The first-order chi connectivity index (χ1) is 15.2. The van der Waals surface area contributed by atoms with E-state index in [4.69, 9.17) is 12.2 Å². The van der Waals surface area contributed by atoms with Crippen molar-refractivity contribution < 1.29 is 4.79 Å². The number of thiocarbonyl (C=S) groups is 1. The van der Waals surface area contributed by atoms with Crippen LogP contribution < -0.4 is 16.2 Å². The second-order valence-electron chi connectivity index (χ2n) is 8.54. The number of hydrazine groups is 1. The van der Waals surface area contributed by atoms with Crippen molar-refractivity contribution in [3.63, 3.8) is 0 Å². The molecule has 3 N–H and O–H groups in total. The van der Waals surface area contributed by atoms with Crippen LogP contribution in [-0.2, 0) is 11.3 Å². The molecular weight excluding hydrogens is 402 g/mol. The average molecular weight is 448 g/mol. The van der Waals surface area contributed by atoms with Crippen molar-refractivity contribution in [2.75, 3.05) is 0 Å². The summed E-state index contributed by atoms with van der Waals surface area (Å²) in [5.41, 5.74) is 6.60. The molecule has 0 heterocycles. The summed E-state index contributed by atoms with van der Waals surface area (Å²) in [6.45, 7) is 2.92. The van der Waals surface area contributed by atoms with Gasteiger partial charge < -0.3 is 5.32 Å². The van der Waals surface area contributed by atoms with Crippen LogP contribution in [0.4, 0.5) is 0 Å². The van der Waals surface area contributed by atoms with Crippen molar-refractivity contribution >= 4 is 23.2 Å². The van der Waals surface area contributed by atoms with Crippen LogP contribution in [0.5, 0.6) is 0 Å². The molecule has 1 aromatic rings. The molecule has 31 heavy (non-hydrogen) atoms. The largest absolute Gasteiger partial charge is 0.357 e. The molecule has 4 nitrogen and oxygen atoms in total. The summed E-state index contributed by atoms with van der Waals surface area (Å²) in [5, 5.41) is 3.52. The van der Waals surface area contributed by atoms with Gasteiger partial charge in [0.05, 0.1) is 0 Å². The van der Waals surface area contributed by atoms with Gasteiger partial charge in [-0.15, -0.1) is 0 Å². The van der Waals surface area contributed by atoms with E-state index < -0.39 is 0 Å². The van der Waals surface area contributed by atoms with Crippen LogP contribution in [-0.4, -0.2) is 11.0 Å². The lowest BCUT2D eigenvalue weighted by molar-refractivity contribution is -0.121. The normalized spacial score (nSPS) is 10.6. The van der Waals surface area contributed by atoms with Crippen molar-refractivity contribution in [2.24, 2.45) is 0 Å². The fraction of sp³-hybridized carbons (Fsp3) is 0.692. The maximum atomic E-state index is 11.9. The Morgan fingerprint density at radius 2 is 1.19 bits per heavy atom. The standard InChI is InChI=1S/C26H45N3OS/c1-2-3-4-5-6-7-8-9-10-11-12-13-14-15-19-22-25(30)28-29-26(31)27-23-24-20-17-16-18-21-24/h16-18,20-21H,2-15,19,22-23H2,1H3,(H,28,30)(H2,27,29,31). The molecule has 5 heteroatoms. The Morgan fingerprint density at radius 3 is 1.71 bits per heavy atom. The fourth-order valence-electron chi connectivity index (χ4n) is 3.67. The van der Waals surface area contributed by atoms with Crippen LogP contribution >= 0.6 is 12.2 Å². The number of hydrogen-bond donors (Lipinski definition) is 3. The second-order valence-corrected chi connectivity index (χ2v) is 8.95. The predicted octanol–water partition coefficient (Wildman–Crippen LogP) is 6.94. The molecule has 0 aromatic heterocycles. The molecule has 0 bridgehead atoms. The molecule has 1 aromatic carbocycles. The van der Waals surface area contributed by atoms with Gasteiger partial charge in [-0.1, -0.05) is 127 Å². The highest BCUT2D eigenvalue weighted by Gasteiger charge is 2.02. The molecule has 0 atom stereocenters. The third kappa shape index (κ3) is 17.7. The zero-order valence-electron chi connectivity index (χ0n) is 19.7. The van der Waals surface area contributed by atoms with Crippen LogP contribution in [0.3, 0.4) is 0 Å². The number of carbonyl (C=O) groups excluding carboxylic acids is 1. The van der Waals surface area contributed by atoms with Crippen LogP contribution in [0.15, 0.2) is 30.3 Å².